The van der Waals surface area contributed by atoms with Crippen LogP contribution in [0.5, 0.6) is 0 Å². The molecule has 0 saturated carbocycles. The first-order chi connectivity index (χ1) is 8.29. The van der Waals surface area contributed by atoms with Gasteiger partial charge in [-0.3, -0.25) is 4.90 Å². The zero-order chi connectivity index (χ0) is 12.1. The standard InChI is InChI=1S/C12H22N4O/c1-3-8-16(11-4-6-13-7-5-11)9-12-15-14-10(2)17-12/h11,13H,3-9H2,1-2H3. The van der Waals surface area contributed by atoms with Crippen LogP contribution in [0.4, 0.5) is 0 Å². The minimum Gasteiger partial charge on any atom is -0.424 e. The predicted octanol–water partition coefficient (Wildman–Crippen LogP) is 1.34. The van der Waals surface area contributed by atoms with Crippen molar-refractivity contribution >= 4 is 0 Å². The van der Waals surface area contributed by atoms with Gasteiger partial charge in [0.15, 0.2) is 0 Å². The first-order valence-corrected chi connectivity index (χ1v) is 6.53. The molecule has 0 atom stereocenters. The van der Waals surface area contributed by atoms with Gasteiger partial charge in [0.25, 0.3) is 0 Å². The molecule has 2 rings (SSSR count). The Morgan fingerprint density at radius 2 is 2.12 bits per heavy atom. The summed E-state index contributed by atoms with van der Waals surface area (Å²) in [6, 6.07) is 0.656. The van der Waals surface area contributed by atoms with Gasteiger partial charge < -0.3 is 9.73 Å². The highest BCUT2D eigenvalue weighted by molar-refractivity contribution is 4.84. The maximum Gasteiger partial charge on any atom is 0.230 e. The smallest absolute Gasteiger partial charge is 0.230 e. The molecule has 0 amide bonds. The van der Waals surface area contributed by atoms with E-state index in [0.717, 1.165) is 38.5 Å². The van der Waals surface area contributed by atoms with Crippen molar-refractivity contribution in [1.82, 2.24) is 20.4 Å². The number of hydrogen-bond donors (Lipinski definition) is 1. The SMILES string of the molecule is CCCN(Cc1nnc(C)o1)C1CCNCC1. The second kappa shape index (κ2) is 6.12. The highest BCUT2D eigenvalue weighted by Gasteiger charge is 2.21. The number of piperidine rings is 1. The number of aromatic nitrogens is 2. The summed E-state index contributed by atoms with van der Waals surface area (Å²) in [6.45, 7) is 8.19. The van der Waals surface area contributed by atoms with Crippen LogP contribution in [0.25, 0.3) is 0 Å². The fourth-order valence-corrected chi connectivity index (χ4v) is 2.42. The average molecular weight is 238 g/mol. The van der Waals surface area contributed by atoms with Crippen LogP contribution < -0.4 is 5.32 Å². The molecule has 2 heterocycles. The third-order valence-electron chi connectivity index (χ3n) is 3.24. The summed E-state index contributed by atoms with van der Waals surface area (Å²) < 4.78 is 5.47. The topological polar surface area (TPSA) is 54.2 Å². The van der Waals surface area contributed by atoms with Gasteiger partial charge in [-0.05, 0) is 38.9 Å². The van der Waals surface area contributed by atoms with Gasteiger partial charge in [0.2, 0.25) is 11.8 Å². The molecule has 0 aliphatic carbocycles. The van der Waals surface area contributed by atoms with E-state index >= 15 is 0 Å². The number of hydrogen-bond acceptors (Lipinski definition) is 5. The molecule has 0 unspecified atom stereocenters. The van der Waals surface area contributed by atoms with Crippen LogP contribution in [-0.4, -0.2) is 40.8 Å². The van der Waals surface area contributed by atoms with Gasteiger partial charge in [-0.15, -0.1) is 10.2 Å². The molecule has 5 heteroatoms. The minimum atomic E-state index is 0.654. The molecule has 17 heavy (non-hydrogen) atoms. The summed E-state index contributed by atoms with van der Waals surface area (Å²) in [6.07, 6.45) is 3.59. The van der Waals surface area contributed by atoms with Crippen LogP contribution in [0.3, 0.4) is 0 Å². The maximum atomic E-state index is 5.47. The first-order valence-electron chi connectivity index (χ1n) is 6.53. The molecule has 0 bridgehead atoms. The van der Waals surface area contributed by atoms with Crippen LogP contribution in [0.15, 0.2) is 4.42 Å². The monoisotopic (exact) mass is 238 g/mol. The van der Waals surface area contributed by atoms with Crippen LogP contribution in [-0.2, 0) is 6.54 Å². The molecular weight excluding hydrogens is 216 g/mol. The fraction of sp³-hybridized carbons (Fsp3) is 0.833. The van der Waals surface area contributed by atoms with Crippen LogP contribution >= 0.6 is 0 Å². The molecule has 1 fully saturated rings. The second-order valence-electron chi connectivity index (χ2n) is 4.67. The number of nitrogens with zero attached hydrogens (tertiary/aromatic N) is 3. The summed E-state index contributed by atoms with van der Waals surface area (Å²) >= 11 is 0. The van der Waals surface area contributed by atoms with Gasteiger partial charge in [-0.2, -0.15) is 0 Å². The molecule has 96 valence electrons. The van der Waals surface area contributed by atoms with E-state index in [0.29, 0.717) is 11.9 Å². The van der Waals surface area contributed by atoms with Gasteiger partial charge in [0, 0.05) is 13.0 Å². The van der Waals surface area contributed by atoms with Crippen molar-refractivity contribution in [2.24, 2.45) is 0 Å². The van der Waals surface area contributed by atoms with Crippen molar-refractivity contribution in [3.05, 3.63) is 11.8 Å². The molecule has 1 aliphatic heterocycles. The Morgan fingerprint density at radius 1 is 1.35 bits per heavy atom. The lowest BCUT2D eigenvalue weighted by molar-refractivity contribution is 0.140. The molecular formula is C12H22N4O. The lowest BCUT2D eigenvalue weighted by Gasteiger charge is -2.33. The zero-order valence-electron chi connectivity index (χ0n) is 10.8. The van der Waals surface area contributed by atoms with Gasteiger partial charge in [0.05, 0.1) is 6.54 Å². The molecule has 1 saturated heterocycles. The van der Waals surface area contributed by atoms with Crippen molar-refractivity contribution in [3.8, 4) is 0 Å². The van der Waals surface area contributed by atoms with Crippen molar-refractivity contribution in [2.45, 2.75) is 45.7 Å². The summed E-state index contributed by atoms with van der Waals surface area (Å²) in [4.78, 5) is 2.48. The van der Waals surface area contributed by atoms with Gasteiger partial charge >= 0.3 is 0 Å². The van der Waals surface area contributed by atoms with E-state index < -0.39 is 0 Å². The first kappa shape index (κ1) is 12.5. The summed E-state index contributed by atoms with van der Waals surface area (Å²) in [5.74, 6) is 1.40. The quantitative estimate of drug-likeness (QED) is 0.839. The minimum absolute atomic E-state index is 0.654. The summed E-state index contributed by atoms with van der Waals surface area (Å²) in [5, 5.41) is 11.4. The van der Waals surface area contributed by atoms with Crippen molar-refractivity contribution < 1.29 is 4.42 Å². The lowest BCUT2D eigenvalue weighted by atomic mass is 10.0. The summed E-state index contributed by atoms with van der Waals surface area (Å²) in [5.41, 5.74) is 0. The van der Waals surface area contributed by atoms with Crippen LogP contribution in [0.2, 0.25) is 0 Å². The second-order valence-corrected chi connectivity index (χ2v) is 4.67. The van der Waals surface area contributed by atoms with Crippen LogP contribution in [0.1, 0.15) is 38.0 Å². The third-order valence-corrected chi connectivity index (χ3v) is 3.24. The normalized spacial score (nSPS) is 17.8. The van der Waals surface area contributed by atoms with E-state index in [1.807, 2.05) is 6.92 Å². The number of aryl methyl sites for hydroxylation is 1. The highest BCUT2D eigenvalue weighted by atomic mass is 16.4. The third kappa shape index (κ3) is 3.51. The number of rotatable bonds is 5. The number of nitrogens with one attached hydrogen (secondary N) is 1. The van der Waals surface area contributed by atoms with Gasteiger partial charge in [-0.1, -0.05) is 6.92 Å². The highest BCUT2D eigenvalue weighted by Crippen LogP contribution is 2.15. The molecule has 0 radical (unpaired) electrons. The molecule has 1 aromatic heterocycles. The lowest BCUT2D eigenvalue weighted by Crippen LogP contribution is -2.43. The van der Waals surface area contributed by atoms with E-state index in [2.05, 4.69) is 27.3 Å². The van der Waals surface area contributed by atoms with Gasteiger partial charge in [0.1, 0.15) is 0 Å². The molecule has 0 spiro atoms. The predicted molar refractivity (Wildman–Crippen MR) is 65.6 cm³/mol. The van der Waals surface area contributed by atoms with Crippen LogP contribution in [0, 0.1) is 6.92 Å². The Bertz CT molecular complexity index is 333. The molecule has 1 aromatic rings. The Balaban J connectivity index is 1.95. The molecule has 5 nitrogen and oxygen atoms in total. The molecule has 1 aliphatic rings. The fourth-order valence-electron chi connectivity index (χ4n) is 2.42. The Kier molecular flexibility index (Phi) is 4.50. The Hall–Kier alpha value is -0.940. The van der Waals surface area contributed by atoms with Crippen molar-refractivity contribution in [2.75, 3.05) is 19.6 Å². The Labute approximate surface area is 103 Å². The maximum absolute atomic E-state index is 5.47. The van der Waals surface area contributed by atoms with Crippen molar-refractivity contribution in [1.29, 1.82) is 0 Å². The average Bonchev–Trinajstić information content (AvgIpc) is 2.75. The summed E-state index contributed by atoms with van der Waals surface area (Å²) in [7, 11) is 0. The van der Waals surface area contributed by atoms with E-state index in [1.165, 1.54) is 12.8 Å². The van der Waals surface area contributed by atoms with Gasteiger partial charge in [-0.25, -0.2) is 0 Å². The molecule has 0 aromatic carbocycles. The zero-order valence-corrected chi connectivity index (χ0v) is 10.8. The largest absolute Gasteiger partial charge is 0.424 e. The van der Waals surface area contributed by atoms with E-state index in [-0.39, 0.29) is 0 Å². The molecule has 1 N–H and O–H groups in total. The van der Waals surface area contributed by atoms with Crippen molar-refractivity contribution in [3.63, 3.8) is 0 Å². The Morgan fingerprint density at radius 3 is 2.71 bits per heavy atom. The van der Waals surface area contributed by atoms with E-state index in [1.54, 1.807) is 0 Å². The van der Waals surface area contributed by atoms with E-state index in [9.17, 15) is 0 Å². The van der Waals surface area contributed by atoms with E-state index in [4.69, 9.17) is 4.42 Å².